The van der Waals surface area contributed by atoms with Gasteiger partial charge in [0.1, 0.15) is 0 Å². The fourth-order valence-electron chi connectivity index (χ4n) is 15.0. The molecule has 0 aliphatic heterocycles. The summed E-state index contributed by atoms with van der Waals surface area (Å²) in [5.41, 5.74) is 72.7. The van der Waals surface area contributed by atoms with E-state index < -0.39 is 0 Å². The maximum absolute atomic E-state index is 9.27. The van der Waals surface area contributed by atoms with Crippen molar-refractivity contribution >= 4 is 99.5 Å². The number of rotatable bonds is 12. The van der Waals surface area contributed by atoms with Gasteiger partial charge in [0.05, 0.1) is 46.3 Å². The van der Waals surface area contributed by atoms with Gasteiger partial charge in [-0.2, -0.15) is 0 Å². The summed E-state index contributed by atoms with van der Waals surface area (Å²) in [5.74, 6) is 1.04. The van der Waals surface area contributed by atoms with E-state index in [1.807, 2.05) is 36.4 Å². The van der Waals surface area contributed by atoms with Crippen molar-refractivity contribution < 1.29 is 10.2 Å². The number of aromatic nitrogens is 6. The summed E-state index contributed by atoms with van der Waals surface area (Å²) >= 11 is 0. The molecule has 15 N–H and O–H groups in total. The Morgan fingerprint density at radius 3 is 1.01 bits per heavy atom. The fourth-order valence-corrected chi connectivity index (χ4v) is 15.0. The van der Waals surface area contributed by atoms with Crippen LogP contribution in [-0.2, 0) is 72.8 Å². The highest BCUT2D eigenvalue weighted by Gasteiger charge is 2.21. The SMILES string of the molecule is CCc1c(C)[nH]c2c(C(C)C)ccc(N)c12.CCc1c(C)n(CCO)c2c(CC)ccc(N)c12.CCc1ccc(N)c2c(C)c(C)n(C)c12.CCc1ccc(N)c2c(C)c(C)n(C)c12.CCc1ccc(N)c2c(C)c(C)n(CCO)c12.Cc1c(C)n(C)c2c(C(C)C)ccc(N)c12. The minimum Gasteiger partial charge on any atom is -0.398 e. The quantitative estimate of drug-likeness (QED) is 0.0532. The molecule has 0 saturated heterocycles. The number of hydrogen-bond acceptors (Lipinski definition) is 8. The van der Waals surface area contributed by atoms with Crippen LogP contribution in [0.25, 0.3) is 65.4 Å². The minimum absolute atomic E-state index is 0.155. The number of H-pyrrole nitrogens is 1. The fraction of sp³-hybridized carbons (Fsp3) is 0.422. The van der Waals surface area contributed by atoms with Crippen molar-refractivity contribution in [3.8, 4) is 0 Å². The molecule has 0 bridgehead atoms. The number of nitrogens with two attached hydrogens (primary N) is 6. The number of aliphatic hydroxyl groups excluding tert-OH is 2. The first-order valence-electron chi connectivity index (χ1n) is 35.3. The number of aliphatic hydroxyl groups is 2. The number of nitrogens with one attached hydrogen (secondary N) is 1. The molecule has 0 fully saturated rings. The van der Waals surface area contributed by atoms with Crippen LogP contribution in [0, 0.1) is 69.2 Å². The van der Waals surface area contributed by atoms with Gasteiger partial charge < -0.3 is 72.4 Å². The highest BCUT2D eigenvalue weighted by molar-refractivity contribution is 6.02. The van der Waals surface area contributed by atoms with Crippen LogP contribution in [0.2, 0.25) is 0 Å². The van der Waals surface area contributed by atoms with Gasteiger partial charge >= 0.3 is 0 Å². The Morgan fingerprint density at radius 1 is 0.340 bits per heavy atom. The zero-order valence-electron chi connectivity index (χ0n) is 63.2. The Morgan fingerprint density at radius 2 is 0.639 bits per heavy atom. The Labute approximate surface area is 579 Å². The van der Waals surface area contributed by atoms with Gasteiger partial charge in [-0.05, 0) is 223 Å². The van der Waals surface area contributed by atoms with E-state index in [-0.39, 0.29) is 13.2 Å². The van der Waals surface area contributed by atoms with E-state index in [0.29, 0.717) is 24.9 Å². The van der Waals surface area contributed by atoms with Gasteiger partial charge in [-0.1, -0.05) is 106 Å². The number of aryl methyl sites for hydroxylation is 14. The maximum Gasteiger partial charge on any atom is 0.0610 e. The Bertz CT molecular complexity index is 4700. The molecule has 0 aliphatic rings. The molecule has 6 aromatic carbocycles. The molecule has 0 saturated carbocycles. The lowest BCUT2D eigenvalue weighted by atomic mass is 9.98. The number of fused-ring (bicyclic) bond motifs is 6. The van der Waals surface area contributed by atoms with Crippen LogP contribution >= 0.6 is 0 Å². The predicted molar refractivity (Wildman–Crippen MR) is 423 cm³/mol. The van der Waals surface area contributed by atoms with E-state index in [1.54, 1.807) is 0 Å². The number of benzene rings is 6. The van der Waals surface area contributed by atoms with E-state index in [0.717, 1.165) is 78.0 Å². The molecule has 522 valence electrons. The average molecular weight is 1320 g/mol. The second-order valence-corrected chi connectivity index (χ2v) is 27.1. The molecule has 97 heavy (non-hydrogen) atoms. The molecule has 6 heterocycles. The van der Waals surface area contributed by atoms with E-state index in [4.69, 9.17) is 34.4 Å². The third kappa shape index (κ3) is 14.2. The lowest BCUT2D eigenvalue weighted by molar-refractivity contribution is 0.276. The minimum atomic E-state index is 0.155. The Balaban J connectivity index is 0.000000164. The lowest BCUT2D eigenvalue weighted by Gasteiger charge is -2.11. The highest BCUT2D eigenvalue weighted by Crippen LogP contribution is 2.39. The molecule has 14 nitrogen and oxygen atoms in total. The van der Waals surface area contributed by atoms with Gasteiger partial charge in [-0.25, -0.2) is 0 Å². The van der Waals surface area contributed by atoms with Gasteiger partial charge in [0, 0.05) is 135 Å². The zero-order valence-corrected chi connectivity index (χ0v) is 63.2. The van der Waals surface area contributed by atoms with Crippen molar-refractivity contribution in [3.63, 3.8) is 0 Å². The lowest BCUT2D eigenvalue weighted by Crippen LogP contribution is -2.05. The van der Waals surface area contributed by atoms with Crippen LogP contribution < -0.4 is 34.4 Å². The number of nitrogen functional groups attached to an aromatic ring is 6. The van der Waals surface area contributed by atoms with Crippen LogP contribution in [0.5, 0.6) is 0 Å². The van der Waals surface area contributed by atoms with E-state index in [9.17, 15) is 10.2 Å². The van der Waals surface area contributed by atoms with Crippen LogP contribution in [-0.4, -0.2) is 51.2 Å². The van der Waals surface area contributed by atoms with E-state index >= 15 is 0 Å². The molecule has 6 aromatic heterocycles. The first kappa shape index (κ1) is 75.7. The second-order valence-electron chi connectivity index (χ2n) is 27.1. The predicted octanol–water partition coefficient (Wildman–Crippen LogP) is 18.2. The first-order chi connectivity index (χ1) is 45.9. The van der Waals surface area contributed by atoms with Crippen LogP contribution in [0.15, 0.2) is 72.8 Å². The van der Waals surface area contributed by atoms with E-state index in [1.165, 1.54) is 161 Å². The summed E-state index contributed by atoms with van der Waals surface area (Å²) in [6.45, 7) is 44.8. The number of nitrogens with zero attached hydrogens (tertiary/aromatic N) is 5. The summed E-state index contributed by atoms with van der Waals surface area (Å²) in [4.78, 5) is 3.49. The maximum atomic E-state index is 9.27. The Hall–Kier alpha value is -8.72. The zero-order chi connectivity index (χ0) is 72.1. The first-order valence-corrected chi connectivity index (χ1v) is 35.3. The molecule has 12 aromatic rings. The monoisotopic (exact) mass is 1310 g/mol. The second kappa shape index (κ2) is 31.6. The smallest absolute Gasteiger partial charge is 0.0610 e. The van der Waals surface area contributed by atoms with Crippen molar-refractivity contribution in [2.24, 2.45) is 21.1 Å². The molecule has 0 unspecified atom stereocenters. The topological polar surface area (TPSA) is 237 Å². The summed E-state index contributed by atoms with van der Waals surface area (Å²) in [6, 6.07) is 24.8. The molecule has 14 heteroatoms. The van der Waals surface area contributed by atoms with Crippen LogP contribution in [0.3, 0.4) is 0 Å². The summed E-state index contributed by atoms with van der Waals surface area (Å²) in [6.07, 6.45) is 6.05. The van der Waals surface area contributed by atoms with Crippen molar-refractivity contribution in [2.45, 2.75) is 202 Å². The molecule has 12 rings (SSSR count). The number of hydrogen-bond donors (Lipinski definition) is 9. The van der Waals surface area contributed by atoms with Crippen LogP contribution in [0.4, 0.5) is 34.1 Å². The molecular formula is C83H118N12O2. The van der Waals surface area contributed by atoms with Gasteiger partial charge in [-0.15, -0.1) is 0 Å². The average Bonchev–Trinajstić information content (AvgIpc) is 1.64. The molecule has 0 amide bonds. The van der Waals surface area contributed by atoms with Gasteiger partial charge in [0.15, 0.2) is 0 Å². The van der Waals surface area contributed by atoms with Crippen molar-refractivity contribution in [1.82, 2.24) is 27.8 Å². The van der Waals surface area contributed by atoms with Crippen LogP contribution in [0.1, 0.15) is 182 Å². The normalized spacial score (nSPS) is 11.4. The number of anilines is 6. The molecule has 0 aliphatic carbocycles. The van der Waals surface area contributed by atoms with Gasteiger partial charge in [0.2, 0.25) is 0 Å². The third-order valence-corrected chi connectivity index (χ3v) is 21.1. The van der Waals surface area contributed by atoms with Crippen molar-refractivity contribution in [2.75, 3.05) is 47.6 Å². The van der Waals surface area contributed by atoms with Crippen molar-refractivity contribution in [1.29, 1.82) is 0 Å². The van der Waals surface area contributed by atoms with Crippen molar-refractivity contribution in [3.05, 3.63) is 174 Å². The highest BCUT2D eigenvalue weighted by atomic mass is 16.3. The van der Waals surface area contributed by atoms with E-state index in [2.05, 4.69) is 224 Å². The molecule has 0 spiro atoms. The molecular weight excluding hydrogens is 1200 g/mol. The van der Waals surface area contributed by atoms with Gasteiger partial charge in [-0.3, -0.25) is 0 Å². The summed E-state index contributed by atoms with van der Waals surface area (Å²) < 4.78 is 11.2. The standard InChI is InChI=1S/C15H22N2O.C14H20N2O.2C14H20N2.2C13H18N2/c1-4-11-6-7-13(16)14-12(5-2)10(3)17(8-9-18)15(11)14;1-4-11-5-6-12(15)13-9(2)10(3)16(7-8-17)14(11)13;1-8(2)11-6-7-12(15)13-9(3)10(4)16(5)14(11)13;1-5-10-9(4)16-14-11(8(2)3)6-7-12(15)13(10)14;2*1-5-10-6-7-11(14)12-8(2)9(3)15(4)13(10)12/h6-7,18H,4-5,8-9,16H2,1-3H3;5-6,17H,4,7-8,15H2,1-3H3;6-8H,15H2,1-5H3;6-8,16H,5,15H2,1-4H3;2*6-7H,5,14H2,1-4H3. The molecule has 0 atom stereocenters. The largest absolute Gasteiger partial charge is 0.398 e. The summed E-state index contributed by atoms with van der Waals surface area (Å²) in [7, 11) is 6.35. The third-order valence-electron chi connectivity index (χ3n) is 21.1. The Kier molecular flexibility index (Phi) is 24.7. The number of aromatic amines is 1. The summed E-state index contributed by atoms with van der Waals surface area (Å²) in [5, 5.41) is 25.7. The molecule has 0 radical (unpaired) electrons. The van der Waals surface area contributed by atoms with Gasteiger partial charge in [0.25, 0.3) is 0 Å².